The van der Waals surface area contributed by atoms with Gasteiger partial charge in [-0.25, -0.2) is 0 Å². The first-order valence-electron chi connectivity index (χ1n) is 4.82. The van der Waals surface area contributed by atoms with Gasteiger partial charge in [0.1, 0.15) is 5.69 Å². The Bertz CT molecular complexity index is 459. The summed E-state index contributed by atoms with van der Waals surface area (Å²) in [5.74, 6) is 0.976. The molecule has 0 saturated heterocycles. The molecule has 0 aliphatic heterocycles. The van der Waals surface area contributed by atoms with E-state index < -0.39 is 0 Å². The summed E-state index contributed by atoms with van der Waals surface area (Å²) >= 11 is 0. The molecule has 6 nitrogen and oxygen atoms in total. The van der Waals surface area contributed by atoms with E-state index in [1.54, 1.807) is 0 Å². The van der Waals surface area contributed by atoms with Crippen molar-refractivity contribution >= 4 is 0 Å². The van der Waals surface area contributed by atoms with Gasteiger partial charge in [-0.05, 0) is 19.9 Å². The summed E-state index contributed by atoms with van der Waals surface area (Å²) in [6.45, 7) is 4.98. The van der Waals surface area contributed by atoms with E-state index >= 15 is 0 Å². The minimum absolute atomic E-state index is 0.281. The van der Waals surface area contributed by atoms with Gasteiger partial charge < -0.3 is 10.3 Å². The lowest BCUT2D eigenvalue weighted by Crippen LogP contribution is -2.00. The number of rotatable bonds is 3. The maximum absolute atomic E-state index is 5.41. The summed E-state index contributed by atoms with van der Waals surface area (Å²) in [5, 5.41) is 8.04. The second-order valence-electron chi connectivity index (χ2n) is 3.21. The Labute approximate surface area is 87.1 Å². The summed E-state index contributed by atoms with van der Waals surface area (Å²) in [4.78, 5) is 4.16. The van der Waals surface area contributed by atoms with Gasteiger partial charge in [-0.1, -0.05) is 5.16 Å². The Morgan fingerprint density at radius 2 is 2.33 bits per heavy atom. The second-order valence-corrected chi connectivity index (χ2v) is 3.21. The van der Waals surface area contributed by atoms with Gasteiger partial charge >= 0.3 is 0 Å². The van der Waals surface area contributed by atoms with Crippen molar-refractivity contribution in [2.45, 2.75) is 26.9 Å². The maximum atomic E-state index is 5.41. The van der Waals surface area contributed by atoms with Crippen LogP contribution in [-0.4, -0.2) is 19.9 Å². The summed E-state index contributed by atoms with van der Waals surface area (Å²) < 4.78 is 6.92. The van der Waals surface area contributed by atoms with Crippen LogP contribution in [0.4, 0.5) is 0 Å². The number of nitrogens with zero attached hydrogens (tertiary/aromatic N) is 4. The van der Waals surface area contributed by atoms with E-state index in [2.05, 4.69) is 15.2 Å². The van der Waals surface area contributed by atoms with Gasteiger partial charge in [-0.3, -0.25) is 4.68 Å². The third kappa shape index (κ3) is 1.75. The van der Waals surface area contributed by atoms with Crippen LogP contribution in [-0.2, 0) is 13.1 Å². The lowest BCUT2D eigenvalue weighted by molar-refractivity contribution is 0.418. The van der Waals surface area contributed by atoms with Crippen molar-refractivity contribution in [3.05, 3.63) is 17.6 Å². The highest BCUT2D eigenvalue weighted by molar-refractivity contribution is 5.47. The van der Waals surface area contributed by atoms with E-state index in [9.17, 15) is 0 Å². The van der Waals surface area contributed by atoms with E-state index in [0.29, 0.717) is 11.7 Å². The quantitative estimate of drug-likeness (QED) is 0.801. The molecule has 0 unspecified atom stereocenters. The molecular formula is C9H13N5O. The second kappa shape index (κ2) is 3.82. The molecule has 80 valence electrons. The van der Waals surface area contributed by atoms with Crippen molar-refractivity contribution in [2.24, 2.45) is 5.73 Å². The molecule has 15 heavy (non-hydrogen) atoms. The SMILES string of the molecule is CCn1nc(C)cc1-c1nc(CN)no1. The molecule has 0 aromatic carbocycles. The van der Waals surface area contributed by atoms with E-state index in [-0.39, 0.29) is 6.54 Å². The van der Waals surface area contributed by atoms with Crippen LogP contribution in [0.2, 0.25) is 0 Å². The van der Waals surface area contributed by atoms with Crippen molar-refractivity contribution in [2.75, 3.05) is 0 Å². The summed E-state index contributed by atoms with van der Waals surface area (Å²) in [7, 11) is 0. The molecule has 2 N–H and O–H groups in total. The van der Waals surface area contributed by atoms with Crippen LogP contribution in [0.15, 0.2) is 10.6 Å². The lowest BCUT2D eigenvalue weighted by Gasteiger charge is -1.97. The predicted octanol–water partition coefficient (Wildman–Crippen LogP) is 0.720. The summed E-state index contributed by atoms with van der Waals surface area (Å²) in [6.07, 6.45) is 0. The van der Waals surface area contributed by atoms with Gasteiger partial charge in [0, 0.05) is 6.54 Å². The van der Waals surface area contributed by atoms with E-state index in [0.717, 1.165) is 17.9 Å². The van der Waals surface area contributed by atoms with Crippen molar-refractivity contribution in [1.29, 1.82) is 0 Å². The molecule has 0 amide bonds. The molecule has 0 spiro atoms. The topological polar surface area (TPSA) is 82.8 Å². The zero-order valence-electron chi connectivity index (χ0n) is 8.77. The fraction of sp³-hybridized carbons (Fsp3) is 0.444. The zero-order valence-corrected chi connectivity index (χ0v) is 8.77. The maximum Gasteiger partial charge on any atom is 0.276 e. The van der Waals surface area contributed by atoms with Gasteiger partial charge in [-0.2, -0.15) is 10.1 Å². The number of hydrogen-bond acceptors (Lipinski definition) is 5. The molecule has 0 saturated carbocycles. The average Bonchev–Trinajstić information content (AvgIpc) is 2.82. The van der Waals surface area contributed by atoms with Crippen molar-refractivity contribution in [3.63, 3.8) is 0 Å². The number of aromatic nitrogens is 4. The van der Waals surface area contributed by atoms with Crippen LogP contribution >= 0.6 is 0 Å². The molecule has 0 atom stereocenters. The minimum atomic E-state index is 0.281. The van der Waals surface area contributed by atoms with Gasteiger partial charge in [0.05, 0.1) is 12.2 Å². The fourth-order valence-corrected chi connectivity index (χ4v) is 1.40. The Hall–Kier alpha value is -1.69. The van der Waals surface area contributed by atoms with Crippen LogP contribution < -0.4 is 5.73 Å². The van der Waals surface area contributed by atoms with Crippen LogP contribution in [0.25, 0.3) is 11.6 Å². The van der Waals surface area contributed by atoms with E-state index in [4.69, 9.17) is 10.3 Å². The van der Waals surface area contributed by atoms with E-state index in [1.165, 1.54) is 0 Å². The Balaban J connectivity index is 2.43. The Morgan fingerprint density at radius 1 is 1.53 bits per heavy atom. The molecule has 6 heteroatoms. The van der Waals surface area contributed by atoms with Gasteiger partial charge in [0.2, 0.25) is 0 Å². The van der Waals surface area contributed by atoms with Crippen molar-refractivity contribution < 1.29 is 4.52 Å². The molecule has 2 aromatic heterocycles. The molecule has 0 bridgehead atoms. The summed E-state index contributed by atoms with van der Waals surface area (Å²) in [5.41, 5.74) is 7.17. The normalized spacial score (nSPS) is 10.9. The first-order valence-corrected chi connectivity index (χ1v) is 4.82. The van der Waals surface area contributed by atoms with Crippen LogP contribution in [0, 0.1) is 6.92 Å². The smallest absolute Gasteiger partial charge is 0.276 e. The van der Waals surface area contributed by atoms with Gasteiger partial charge in [0.25, 0.3) is 5.89 Å². The minimum Gasteiger partial charge on any atom is -0.332 e. The third-order valence-corrected chi connectivity index (χ3v) is 2.07. The predicted molar refractivity (Wildman–Crippen MR) is 53.8 cm³/mol. The van der Waals surface area contributed by atoms with E-state index in [1.807, 2.05) is 24.6 Å². The first kappa shape index (κ1) is 9.85. The third-order valence-electron chi connectivity index (χ3n) is 2.07. The van der Waals surface area contributed by atoms with Crippen LogP contribution in [0.5, 0.6) is 0 Å². The number of nitrogens with two attached hydrogens (primary N) is 1. The molecule has 0 fully saturated rings. The zero-order chi connectivity index (χ0) is 10.8. The molecule has 0 aliphatic rings. The standard InChI is InChI=1S/C9H13N5O/c1-3-14-7(4-6(2)12-14)9-11-8(5-10)13-15-9/h4H,3,5,10H2,1-2H3. The number of hydrogen-bond donors (Lipinski definition) is 1. The molecule has 0 radical (unpaired) electrons. The Kier molecular flexibility index (Phi) is 2.51. The largest absolute Gasteiger partial charge is 0.332 e. The van der Waals surface area contributed by atoms with Crippen LogP contribution in [0.1, 0.15) is 18.4 Å². The highest BCUT2D eigenvalue weighted by Gasteiger charge is 2.13. The fourth-order valence-electron chi connectivity index (χ4n) is 1.40. The van der Waals surface area contributed by atoms with Gasteiger partial charge in [0.15, 0.2) is 5.82 Å². The van der Waals surface area contributed by atoms with Crippen LogP contribution in [0.3, 0.4) is 0 Å². The molecular weight excluding hydrogens is 194 g/mol. The van der Waals surface area contributed by atoms with Gasteiger partial charge in [-0.15, -0.1) is 0 Å². The first-order chi connectivity index (χ1) is 7.24. The lowest BCUT2D eigenvalue weighted by atomic mass is 10.3. The highest BCUT2D eigenvalue weighted by atomic mass is 16.5. The molecule has 2 aromatic rings. The van der Waals surface area contributed by atoms with Crippen molar-refractivity contribution in [1.82, 2.24) is 19.9 Å². The molecule has 2 heterocycles. The molecule has 2 rings (SSSR count). The Morgan fingerprint density at radius 3 is 2.93 bits per heavy atom. The van der Waals surface area contributed by atoms with Crippen molar-refractivity contribution in [3.8, 4) is 11.6 Å². The molecule has 0 aliphatic carbocycles. The summed E-state index contributed by atoms with van der Waals surface area (Å²) in [6, 6.07) is 1.91. The average molecular weight is 207 g/mol. The highest BCUT2D eigenvalue weighted by Crippen LogP contribution is 2.18. The number of aryl methyl sites for hydroxylation is 2. The monoisotopic (exact) mass is 207 g/mol.